The zero-order valence-electron chi connectivity index (χ0n) is 12.3. The van der Waals surface area contributed by atoms with Crippen molar-refractivity contribution < 1.29 is 4.74 Å². The molecule has 0 amide bonds. The van der Waals surface area contributed by atoms with Crippen LogP contribution in [0.5, 0.6) is 5.88 Å². The molecule has 0 saturated carbocycles. The number of aromatic nitrogens is 2. The van der Waals surface area contributed by atoms with Crippen LogP contribution in [0, 0.1) is 6.92 Å². The average Bonchev–Trinajstić information content (AvgIpc) is 2.62. The second kappa shape index (κ2) is 8.23. The van der Waals surface area contributed by atoms with Gasteiger partial charge in [0, 0.05) is 20.1 Å². The molecule has 1 rings (SSSR count). The molecule has 0 atom stereocenters. The second-order valence-corrected chi connectivity index (χ2v) is 4.04. The Kier molecular flexibility index (Phi) is 7.81. The number of ether oxygens (including phenoxy) is 1. The predicted molar refractivity (Wildman–Crippen MR) is 88.2 cm³/mol. The summed E-state index contributed by atoms with van der Waals surface area (Å²) >= 11 is 0. The topological polar surface area (TPSA) is 68.7 Å². The van der Waals surface area contributed by atoms with Gasteiger partial charge in [0.15, 0.2) is 5.96 Å². The van der Waals surface area contributed by atoms with E-state index in [-0.39, 0.29) is 24.0 Å². The van der Waals surface area contributed by atoms with Gasteiger partial charge in [-0.2, -0.15) is 5.10 Å². The Bertz CT molecular complexity index is 426. The van der Waals surface area contributed by atoms with E-state index in [1.807, 2.05) is 18.9 Å². The van der Waals surface area contributed by atoms with Gasteiger partial charge in [0.1, 0.15) is 0 Å². The zero-order chi connectivity index (χ0) is 13.7. The molecule has 0 aliphatic carbocycles. The summed E-state index contributed by atoms with van der Waals surface area (Å²) in [7, 11) is 3.49. The van der Waals surface area contributed by atoms with E-state index in [0.717, 1.165) is 30.2 Å². The van der Waals surface area contributed by atoms with Gasteiger partial charge >= 0.3 is 0 Å². The monoisotopic (exact) mass is 381 g/mol. The summed E-state index contributed by atoms with van der Waals surface area (Å²) in [5, 5.41) is 4.31. The SMILES string of the molecule is CCN(CC)C(N)=NCc1c(C)nn(C)c1OC.I. The predicted octanol–water partition coefficient (Wildman–Crippen LogP) is 1.51. The molecule has 7 heteroatoms. The molecule has 19 heavy (non-hydrogen) atoms. The Labute approximate surface area is 132 Å². The van der Waals surface area contributed by atoms with E-state index < -0.39 is 0 Å². The van der Waals surface area contributed by atoms with E-state index in [2.05, 4.69) is 23.9 Å². The minimum Gasteiger partial charge on any atom is -0.481 e. The first-order chi connectivity index (χ1) is 8.54. The maximum atomic E-state index is 5.94. The number of aryl methyl sites for hydroxylation is 2. The van der Waals surface area contributed by atoms with E-state index in [1.165, 1.54) is 0 Å². The minimum absolute atomic E-state index is 0. The molecule has 6 nitrogen and oxygen atoms in total. The molecule has 1 aromatic heterocycles. The van der Waals surface area contributed by atoms with Gasteiger partial charge in [-0.25, -0.2) is 9.67 Å². The van der Waals surface area contributed by atoms with Crippen LogP contribution < -0.4 is 10.5 Å². The molecule has 0 aromatic carbocycles. The van der Waals surface area contributed by atoms with Gasteiger partial charge in [0.25, 0.3) is 0 Å². The van der Waals surface area contributed by atoms with Crippen molar-refractivity contribution in [1.82, 2.24) is 14.7 Å². The molecule has 0 aliphatic rings. The molecule has 0 saturated heterocycles. The summed E-state index contributed by atoms with van der Waals surface area (Å²) in [6.45, 7) is 8.26. The molecule has 110 valence electrons. The van der Waals surface area contributed by atoms with E-state index >= 15 is 0 Å². The van der Waals surface area contributed by atoms with Crippen molar-refractivity contribution in [3.05, 3.63) is 11.3 Å². The Balaban J connectivity index is 0.00000324. The second-order valence-electron chi connectivity index (χ2n) is 4.04. The summed E-state index contributed by atoms with van der Waals surface area (Å²) in [5.41, 5.74) is 7.85. The molecular formula is C12H24IN5O. The van der Waals surface area contributed by atoms with Crippen molar-refractivity contribution in [1.29, 1.82) is 0 Å². The van der Waals surface area contributed by atoms with Crippen molar-refractivity contribution in [3.63, 3.8) is 0 Å². The van der Waals surface area contributed by atoms with Gasteiger partial charge in [-0.05, 0) is 20.8 Å². The third kappa shape index (κ3) is 4.26. The van der Waals surface area contributed by atoms with Crippen LogP contribution in [-0.4, -0.2) is 40.8 Å². The number of rotatable bonds is 5. The van der Waals surface area contributed by atoms with Crippen LogP contribution in [-0.2, 0) is 13.6 Å². The molecule has 0 unspecified atom stereocenters. The summed E-state index contributed by atoms with van der Waals surface area (Å²) in [5.74, 6) is 1.30. The highest BCUT2D eigenvalue weighted by molar-refractivity contribution is 14.0. The average molecular weight is 381 g/mol. The van der Waals surface area contributed by atoms with Crippen LogP contribution in [0.3, 0.4) is 0 Å². The van der Waals surface area contributed by atoms with Crippen LogP contribution in [0.15, 0.2) is 4.99 Å². The Morgan fingerprint density at radius 1 is 1.42 bits per heavy atom. The Morgan fingerprint density at radius 3 is 2.47 bits per heavy atom. The smallest absolute Gasteiger partial charge is 0.216 e. The lowest BCUT2D eigenvalue weighted by Gasteiger charge is -2.19. The van der Waals surface area contributed by atoms with E-state index in [9.17, 15) is 0 Å². The van der Waals surface area contributed by atoms with Crippen molar-refractivity contribution in [2.75, 3.05) is 20.2 Å². The molecule has 0 fully saturated rings. The summed E-state index contributed by atoms with van der Waals surface area (Å²) in [4.78, 5) is 6.42. The van der Waals surface area contributed by atoms with Crippen LogP contribution in [0.2, 0.25) is 0 Å². The summed E-state index contributed by atoms with van der Waals surface area (Å²) in [6, 6.07) is 0. The van der Waals surface area contributed by atoms with Crippen molar-refractivity contribution in [3.8, 4) is 5.88 Å². The third-order valence-corrected chi connectivity index (χ3v) is 2.97. The lowest BCUT2D eigenvalue weighted by molar-refractivity contribution is 0.369. The fourth-order valence-electron chi connectivity index (χ4n) is 1.93. The first-order valence-corrected chi connectivity index (χ1v) is 6.16. The van der Waals surface area contributed by atoms with E-state index in [0.29, 0.717) is 12.5 Å². The van der Waals surface area contributed by atoms with Gasteiger partial charge in [0.2, 0.25) is 5.88 Å². The normalized spacial score (nSPS) is 11.1. The number of aliphatic imine (C=N–C) groups is 1. The highest BCUT2D eigenvalue weighted by atomic mass is 127. The van der Waals surface area contributed by atoms with Crippen LogP contribution in [0.4, 0.5) is 0 Å². The molecule has 2 N–H and O–H groups in total. The maximum absolute atomic E-state index is 5.94. The van der Waals surface area contributed by atoms with Crippen LogP contribution in [0.25, 0.3) is 0 Å². The molecule has 0 aliphatic heterocycles. The lowest BCUT2D eigenvalue weighted by atomic mass is 10.2. The van der Waals surface area contributed by atoms with Crippen LogP contribution in [0.1, 0.15) is 25.1 Å². The van der Waals surface area contributed by atoms with Crippen molar-refractivity contribution >= 4 is 29.9 Å². The molecule has 0 bridgehead atoms. The number of nitrogens with two attached hydrogens (primary N) is 1. The summed E-state index contributed by atoms with van der Waals surface area (Å²) in [6.07, 6.45) is 0. The summed E-state index contributed by atoms with van der Waals surface area (Å²) < 4.78 is 7.04. The number of halogens is 1. The maximum Gasteiger partial charge on any atom is 0.216 e. The molecule has 1 heterocycles. The number of hydrogen-bond donors (Lipinski definition) is 1. The van der Waals surface area contributed by atoms with E-state index in [1.54, 1.807) is 11.8 Å². The van der Waals surface area contributed by atoms with Gasteiger partial charge in [-0.1, -0.05) is 0 Å². The largest absolute Gasteiger partial charge is 0.481 e. The van der Waals surface area contributed by atoms with Gasteiger partial charge < -0.3 is 15.4 Å². The lowest BCUT2D eigenvalue weighted by Crippen LogP contribution is -2.37. The van der Waals surface area contributed by atoms with Gasteiger partial charge in [0.05, 0.1) is 24.9 Å². The first kappa shape index (κ1) is 18.0. The van der Waals surface area contributed by atoms with Gasteiger partial charge in [-0.15, -0.1) is 24.0 Å². The fourth-order valence-corrected chi connectivity index (χ4v) is 1.93. The molecule has 1 aromatic rings. The fraction of sp³-hybridized carbons (Fsp3) is 0.667. The first-order valence-electron chi connectivity index (χ1n) is 6.16. The molecule has 0 spiro atoms. The van der Waals surface area contributed by atoms with Crippen molar-refractivity contribution in [2.45, 2.75) is 27.3 Å². The molecule has 0 radical (unpaired) electrons. The number of hydrogen-bond acceptors (Lipinski definition) is 3. The van der Waals surface area contributed by atoms with Crippen molar-refractivity contribution in [2.24, 2.45) is 17.8 Å². The third-order valence-electron chi connectivity index (χ3n) is 2.97. The highest BCUT2D eigenvalue weighted by Gasteiger charge is 2.13. The number of nitrogens with zero attached hydrogens (tertiary/aromatic N) is 4. The number of guanidine groups is 1. The minimum atomic E-state index is 0. The Hall–Kier alpha value is -0.990. The number of methoxy groups -OCH3 is 1. The quantitative estimate of drug-likeness (QED) is 0.477. The Morgan fingerprint density at radius 2 is 2.00 bits per heavy atom. The molecular weight excluding hydrogens is 357 g/mol. The zero-order valence-corrected chi connectivity index (χ0v) is 14.6. The standard InChI is InChI=1S/C12H23N5O.HI/c1-6-17(7-2)12(13)14-8-10-9(3)15-16(4)11(10)18-5;/h6-8H2,1-5H3,(H2,13,14);1H. The van der Waals surface area contributed by atoms with Crippen LogP contribution >= 0.6 is 24.0 Å². The van der Waals surface area contributed by atoms with E-state index in [4.69, 9.17) is 10.5 Å². The van der Waals surface area contributed by atoms with Gasteiger partial charge in [-0.3, -0.25) is 0 Å². The highest BCUT2D eigenvalue weighted by Crippen LogP contribution is 2.21.